The second kappa shape index (κ2) is 8.68. The highest BCUT2D eigenvalue weighted by Gasteiger charge is 2.21. The Bertz CT molecular complexity index is 1390. The van der Waals surface area contributed by atoms with Crippen molar-refractivity contribution in [1.82, 2.24) is 9.97 Å². The molecule has 0 unspecified atom stereocenters. The quantitative estimate of drug-likeness (QED) is 0.371. The Kier molecular flexibility index (Phi) is 6.34. The van der Waals surface area contributed by atoms with Crippen molar-refractivity contribution in [3.8, 4) is 0 Å². The summed E-state index contributed by atoms with van der Waals surface area (Å²) in [5.74, 6) is -0.0865. The topological polar surface area (TPSA) is 161 Å². The zero-order chi connectivity index (χ0) is 23.7. The van der Waals surface area contributed by atoms with Gasteiger partial charge >= 0.3 is 0 Å². The van der Waals surface area contributed by atoms with Crippen LogP contribution in [0.15, 0.2) is 58.3 Å². The largest absolute Gasteiger partial charge is 0.289 e. The number of anilines is 2. The Hall–Kier alpha value is -3.29. The standard InChI is InChI=1S/C18H16ClN5O6S2/c1-11-9-12(2)21-18(20-11)23-31(27,28)14-5-3-13(4-6-14)22-32(29,30)15-7-8-16(19)17(10-15)24(25)26/h3-10,22H,1-2H3,(H,20,21,23). The molecule has 0 radical (unpaired) electrons. The van der Waals surface area contributed by atoms with E-state index in [1.807, 2.05) is 0 Å². The SMILES string of the molecule is Cc1cc(C)nc(NS(=O)(=O)c2ccc(NS(=O)(=O)c3ccc(Cl)c([N+](=O)[O-])c3)cc2)n1. The number of benzene rings is 2. The summed E-state index contributed by atoms with van der Waals surface area (Å²) >= 11 is 5.71. The molecule has 0 saturated carbocycles. The van der Waals surface area contributed by atoms with Gasteiger partial charge in [0.15, 0.2) is 0 Å². The van der Waals surface area contributed by atoms with E-state index in [1.54, 1.807) is 19.9 Å². The highest BCUT2D eigenvalue weighted by atomic mass is 35.5. The van der Waals surface area contributed by atoms with Crippen molar-refractivity contribution in [2.75, 3.05) is 9.44 Å². The molecule has 3 aromatic rings. The first-order valence-corrected chi connectivity index (χ1v) is 12.1. The molecule has 2 aromatic carbocycles. The van der Waals surface area contributed by atoms with E-state index >= 15 is 0 Å². The molecule has 14 heteroatoms. The number of hydrogen-bond donors (Lipinski definition) is 2. The van der Waals surface area contributed by atoms with Crippen molar-refractivity contribution in [3.05, 3.63) is 75.1 Å². The summed E-state index contributed by atoms with van der Waals surface area (Å²) in [6.45, 7) is 3.39. The fourth-order valence-corrected chi connectivity index (χ4v) is 4.88. The Morgan fingerprint density at radius 2 is 1.38 bits per heavy atom. The fourth-order valence-electron chi connectivity index (χ4n) is 2.67. The average Bonchev–Trinajstić information content (AvgIpc) is 2.66. The number of halogens is 1. The van der Waals surface area contributed by atoms with E-state index in [1.165, 1.54) is 24.3 Å². The average molecular weight is 498 g/mol. The highest BCUT2D eigenvalue weighted by Crippen LogP contribution is 2.28. The van der Waals surface area contributed by atoms with Crippen LogP contribution in [0.4, 0.5) is 17.3 Å². The first kappa shape index (κ1) is 23.4. The van der Waals surface area contributed by atoms with E-state index in [9.17, 15) is 26.9 Å². The number of aromatic nitrogens is 2. The van der Waals surface area contributed by atoms with Crippen LogP contribution in [-0.4, -0.2) is 31.7 Å². The lowest BCUT2D eigenvalue weighted by Gasteiger charge is -2.10. The van der Waals surface area contributed by atoms with Gasteiger partial charge in [-0.05, 0) is 56.3 Å². The van der Waals surface area contributed by atoms with E-state index in [2.05, 4.69) is 19.4 Å². The van der Waals surface area contributed by atoms with Crippen LogP contribution >= 0.6 is 11.6 Å². The maximum atomic E-state index is 12.6. The summed E-state index contributed by atoms with van der Waals surface area (Å²) in [5.41, 5.74) is 0.657. The third kappa shape index (κ3) is 5.30. The zero-order valence-corrected chi connectivity index (χ0v) is 19.0. The number of nitro benzene ring substituents is 1. The molecule has 3 rings (SSSR count). The number of nitrogens with zero attached hydrogens (tertiary/aromatic N) is 3. The number of nitrogens with one attached hydrogen (secondary N) is 2. The summed E-state index contributed by atoms with van der Waals surface area (Å²) in [6, 6.07) is 9.58. The minimum atomic E-state index is -4.19. The molecular weight excluding hydrogens is 482 g/mol. The van der Waals surface area contributed by atoms with E-state index in [0.29, 0.717) is 11.4 Å². The monoisotopic (exact) mass is 497 g/mol. The molecule has 32 heavy (non-hydrogen) atoms. The maximum absolute atomic E-state index is 12.6. The molecule has 11 nitrogen and oxygen atoms in total. The van der Waals surface area contributed by atoms with Crippen LogP contribution in [0.2, 0.25) is 5.02 Å². The number of rotatable bonds is 7. The molecule has 0 amide bonds. The van der Waals surface area contributed by atoms with Crippen LogP contribution in [0.5, 0.6) is 0 Å². The Balaban J connectivity index is 1.82. The van der Waals surface area contributed by atoms with Gasteiger partial charge in [-0.25, -0.2) is 31.5 Å². The molecule has 1 heterocycles. The second-order valence-corrected chi connectivity index (χ2v) is 10.4. The van der Waals surface area contributed by atoms with Crippen molar-refractivity contribution >= 4 is 49.0 Å². The molecule has 0 aliphatic heterocycles. The first-order valence-electron chi connectivity index (χ1n) is 8.79. The van der Waals surface area contributed by atoms with E-state index in [-0.39, 0.29) is 26.4 Å². The summed E-state index contributed by atoms with van der Waals surface area (Å²) < 4.78 is 54.7. The maximum Gasteiger partial charge on any atom is 0.289 e. The van der Waals surface area contributed by atoms with Gasteiger partial charge in [-0.2, -0.15) is 0 Å². The number of nitro groups is 1. The molecule has 0 saturated heterocycles. The van der Waals surface area contributed by atoms with Gasteiger partial charge in [0.25, 0.3) is 25.7 Å². The van der Waals surface area contributed by atoms with Crippen molar-refractivity contribution in [1.29, 1.82) is 0 Å². The van der Waals surface area contributed by atoms with Crippen LogP contribution in [0.3, 0.4) is 0 Å². The number of hydrogen-bond acceptors (Lipinski definition) is 8. The van der Waals surface area contributed by atoms with Gasteiger partial charge in [0.05, 0.1) is 14.7 Å². The fraction of sp³-hybridized carbons (Fsp3) is 0.111. The van der Waals surface area contributed by atoms with E-state index < -0.39 is 30.7 Å². The Morgan fingerprint density at radius 3 is 1.94 bits per heavy atom. The van der Waals surface area contributed by atoms with Gasteiger partial charge in [-0.1, -0.05) is 11.6 Å². The lowest BCUT2D eigenvalue weighted by molar-refractivity contribution is -0.384. The number of aryl methyl sites for hydroxylation is 2. The highest BCUT2D eigenvalue weighted by molar-refractivity contribution is 7.93. The lowest BCUT2D eigenvalue weighted by Crippen LogP contribution is -2.16. The normalized spacial score (nSPS) is 11.7. The van der Waals surface area contributed by atoms with Crippen LogP contribution in [0.25, 0.3) is 0 Å². The van der Waals surface area contributed by atoms with Crippen molar-refractivity contribution < 1.29 is 21.8 Å². The van der Waals surface area contributed by atoms with Crippen molar-refractivity contribution in [3.63, 3.8) is 0 Å². The van der Waals surface area contributed by atoms with Gasteiger partial charge in [-0.15, -0.1) is 0 Å². The second-order valence-electron chi connectivity index (χ2n) is 6.58. The van der Waals surface area contributed by atoms with Gasteiger partial charge < -0.3 is 0 Å². The first-order chi connectivity index (χ1) is 14.9. The van der Waals surface area contributed by atoms with E-state index in [4.69, 9.17) is 11.6 Å². The van der Waals surface area contributed by atoms with Crippen LogP contribution in [0.1, 0.15) is 11.4 Å². The summed E-state index contributed by atoms with van der Waals surface area (Å²) in [5, 5.41) is 10.8. The minimum Gasteiger partial charge on any atom is -0.280 e. The van der Waals surface area contributed by atoms with Crippen molar-refractivity contribution in [2.45, 2.75) is 23.6 Å². The summed E-state index contributed by atoms with van der Waals surface area (Å²) in [6.07, 6.45) is 0. The lowest BCUT2D eigenvalue weighted by atomic mass is 10.3. The molecule has 0 aliphatic rings. The summed E-state index contributed by atoms with van der Waals surface area (Å²) in [7, 11) is -8.21. The van der Waals surface area contributed by atoms with Crippen molar-refractivity contribution in [2.24, 2.45) is 0 Å². The molecule has 168 valence electrons. The third-order valence-corrected chi connectivity index (χ3v) is 7.09. The molecule has 1 aromatic heterocycles. The molecule has 0 bridgehead atoms. The van der Waals surface area contributed by atoms with E-state index in [0.717, 1.165) is 18.2 Å². The van der Waals surface area contributed by atoms with Gasteiger partial charge in [0.1, 0.15) is 5.02 Å². The van der Waals surface area contributed by atoms with Crippen LogP contribution < -0.4 is 9.44 Å². The third-order valence-electron chi connectivity index (χ3n) is 4.05. The van der Waals surface area contributed by atoms with Gasteiger partial charge in [0.2, 0.25) is 5.95 Å². The molecule has 0 fully saturated rings. The Labute approximate surface area is 188 Å². The van der Waals surface area contributed by atoms with Crippen LogP contribution in [-0.2, 0) is 20.0 Å². The molecule has 0 atom stereocenters. The van der Waals surface area contributed by atoms with Gasteiger partial charge in [-0.3, -0.25) is 14.8 Å². The molecular formula is C18H16ClN5O6S2. The Morgan fingerprint density at radius 1 is 0.844 bits per heavy atom. The summed E-state index contributed by atoms with van der Waals surface area (Å²) in [4.78, 5) is 17.7. The predicted octanol–water partition coefficient (Wildman–Crippen LogP) is 3.26. The predicted molar refractivity (Wildman–Crippen MR) is 118 cm³/mol. The smallest absolute Gasteiger partial charge is 0.280 e. The number of sulfonamides is 2. The zero-order valence-electron chi connectivity index (χ0n) is 16.6. The van der Waals surface area contributed by atoms with Gasteiger partial charge in [0, 0.05) is 23.1 Å². The minimum absolute atomic E-state index is 0.0456. The molecule has 0 aliphatic carbocycles. The molecule has 0 spiro atoms. The molecule has 2 N–H and O–H groups in total. The van der Waals surface area contributed by atoms with Crippen LogP contribution in [0, 0.1) is 24.0 Å².